The molecule has 1 N–H and O–H groups in total. The molecular formula is C21H27N3O3. The van der Waals surface area contributed by atoms with Gasteiger partial charge in [0, 0.05) is 24.1 Å². The second kappa shape index (κ2) is 6.36. The summed E-state index contributed by atoms with van der Waals surface area (Å²) >= 11 is 0. The van der Waals surface area contributed by atoms with Gasteiger partial charge in [0.05, 0.1) is 5.52 Å². The number of benzene rings is 1. The van der Waals surface area contributed by atoms with Gasteiger partial charge in [-0.25, -0.2) is 10.2 Å². The number of hydrazone groups is 1. The van der Waals surface area contributed by atoms with Gasteiger partial charge in [-0.3, -0.25) is 9.36 Å². The Bertz CT molecular complexity index is 968. The van der Waals surface area contributed by atoms with Gasteiger partial charge < -0.3 is 4.42 Å². The number of amides is 1. The van der Waals surface area contributed by atoms with Crippen LogP contribution in [0.2, 0.25) is 0 Å². The molecule has 2 aliphatic rings. The smallest absolute Gasteiger partial charge is 0.408 e. The van der Waals surface area contributed by atoms with Crippen LogP contribution in [0.4, 0.5) is 0 Å². The zero-order chi connectivity index (χ0) is 19.2. The number of oxazole rings is 1. The molecule has 2 saturated carbocycles. The van der Waals surface area contributed by atoms with Crippen molar-refractivity contribution in [3.8, 4) is 0 Å². The number of carbonyl (C=O) groups excluding carboxylic acids is 1. The van der Waals surface area contributed by atoms with E-state index in [1.165, 1.54) is 6.42 Å². The molecule has 4 rings (SSSR count). The van der Waals surface area contributed by atoms with Crippen molar-refractivity contribution >= 4 is 22.7 Å². The molecule has 1 heterocycles. The first-order valence-electron chi connectivity index (χ1n) is 9.77. The quantitative estimate of drug-likeness (QED) is 0.817. The molecule has 27 heavy (non-hydrogen) atoms. The number of fused-ring (bicyclic) bond motifs is 3. The second-order valence-electron chi connectivity index (χ2n) is 8.68. The predicted molar refractivity (Wildman–Crippen MR) is 105 cm³/mol. The lowest BCUT2D eigenvalue weighted by atomic mass is 9.70. The summed E-state index contributed by atoms with van der Waals surface area (Å²) < 4.78 is 6.79. The highest BCUT2D eigenvalue weighted by Gasteiger charge is 2.59. The average molecular weight is 369 g/mol. The van der Waals surface area contributed by atoms with Crippen LogP contribution in [0, 0.1) is 16.7 Å². The predicted octanol–water partition coefficient (Wildman–Crippen LogP) is 3.69. The number of para-hydroxylation sites is 2. The van der Waals surface area contributed by atoms with E-state index in [9.17, 15) is 9.59 Å². The Kier molecular flexibility index (Phi) is 4.24. The van der Waals surface area contributed by atoms with E-state index in [1.807, 2.05) is 18.2 Å². The number of hydrogen-bond donors (Lipinski definition) is 1. The number of aryl methyl sites for hydroxylation is 1. The van der Waals surface area contributed by atoms with E-state index < -0.39 is 0 Å². The zero-order valence-electron chi connectivity index (χ0n) is 16.2. The monoisotopic (exact) mass is 369 g/mol. The van der Waals surface area contributed by atoms with Crippen molar-refractivity contribution in [3.63, 3.8) is 0 Å². The van der Waals surface area contributed by atoms with Gasteiger partial charge in [0.25, 0.3) is 0 Å². The molecule has 0 aliphatic heterocycles. The highest BCUT2D eigenvalue weighted by Crippen LogP contribution is 2.63. The van der Waals surface area contributed by atoms with Crippen molar-refractivity contribution < 1.29 is 9.21 Å². The molecule has 2 fully saturated rings. The van der Waals surface area contributed by atoms with Gasteiger partial charge in [0.15, 0.2) is 5.58 Å². The molecular weight excluding hydrogens is 342 g/mol. The fourth-order valence-corrected chi connectivity index (χ4v) is 4.91. The Balaban J connectivity index is 1.34. The van der Waals surface area contributed by atoms with E-state index in [0.29, 0.717) is 30.9 Å². The zero-order valence-corrected chi connectivity index (χ0v) is 16.2. The first-order chi connectivity index (χ1) is 12.8. The maximum Gasteiger partial charge on any atom is 0.419 e. The van der Waals surface area contributed by atoms with Gasteiger partial charge in [0.1, 0.15) is 0 Å². The standard InChI is InChI=1S/C21H27N3O3/c1-20(2)14-10-11-21(20,3)17(13-14)22-23-18(25)9-6-12-24-15-7-4-5-8-16(15)27-19(24)26/h4-5,7-8,14H,6,9-13H2,1-3H3,(H,23,25)/b22-17+/t14-,21-/m1/s1. The molecule has 2 bridgehead atoms. The third-order valence-corrected chi connectivity index (χ3v) is 7.19. The van der Waals surface area contributed by atoms with Crippen LogP contribution in [0.25, 0.3) is 11.1 Å². The number of nitrogens with one attached hydrogen (secondary N) is 1. The van der Waals surface area contributed by atoms with Crippen LogP contribution in [0.5, 0.6) is 0 Å². The van der Waals surface area contributed by atoms with E-state index in [0.717, 1.165) is 24.1 Å². The van der Waals surface area contributed by atoms with Crippen molar-refractivity contribution in [2.45, 2.75) is 59.4 Å². The molecule has 0 saturated heterocycles. The third kappa shape index (κ3) is 2.82. The molecule has 0 radical (unpaired) electrons. The first-order valence-corrected chi connectivity index (χ1v) is 9.77. The fourth-order valence-electron chi connectivity index (χ4n) is 4.91. The molecule has 2 aromatic rings. The van der Waals surface area contributed by atoms with Crippen LogP contribution < -0.4 is 11.2 Å². The van der Waals surface area contributed by atoms with Crippen molar-refractivity contribution in [2.75, 3.05) is 0 Å². The number of nitrogens with zero attached hydrogens (tertiary/aromatic N) is 2. The van der Waals surface area contributed by atoms with E-state index in [-0.39, 0.29) is 22.5 Å². The Morgan fingerprint density at radius 1 is 1.33 bits per heavy atom. The number of carbonyl (C=O) groups is 1. The molecule has 1 amide bonds. The molecule has 6 heteroatoms. The Morgan fingerprint density at radius 3 is 2.81 bits per heavy atom. The first kappa shape index (κ1) is 18.0. The van der Waals surface area contributed by atoms with Crippen LogP contribution in [0.1, 0.15) is 52.9 Å². The molecule has 0 spiro atoms. The fraction of sp³-hybridized carbons (Fsp3) is 0.571. The lowest BCUT2D eigenvalue weighted by Gasteiger charge is -2.34. The molecule has 0 unspecified atom stereocenters. The van der Waals surface area contributed by atoms with E-state index >= 15 is 0 Å². The SMILES string of the molecule is CC1(C)[C@@H]2CC[C@]1(C)/C(=N/NC(=O)CCCn1c(=O)oc3ccccc31)C2. The minimum absolute atomic E-state index is 0.0912. The highest BCUT2D eigenvalue weighted by molar-refractivity contribution is 5.95. The second-order valence-corrected chi connectivity index (χ2v) is 8.68. The van der Waals surface area contributed by atoms with Crippen LogP contribution in [0.15, 0.2) is 38.6 Å². The molecule has 2 atom stereocenters. The Morgan fingerprint density at radius 2 is 2.11 bits per heavy atom. The summed E-state index contributed by atoms with van der Waals surface area (Å²) in [6, 6.07) is 7.32. The lowest BCUT2D eigenvalue weighted by Crippen LogP contribution is -2.34. The normalized spacial score (nSPS) is 27.5. The summed E-state index contributed by atoms with van der Waals surface area (Å²) in [5, 5.41) is 4.49. The minimum atomic E-state index is -0.381. The van der Waals surface area contributed by atoms with Crippen LogP contribution in [-0.4, -0.2) is 16.2 Å². The summed E-state index contributed by atoms with van der Waals surface area (Å²) in [7, 11) is 0. The maximum atomic E-state index is 12.2. The van der Waals surface area contributed by atoms with Crippen LogP contribution >= 0.6 is 0 Å². The summed E-state index contributed by atoms with van der Waals surface area (Å²) in [4.78, 5) is 24.2. The highest BCUT2D eigenvalue weighted by atomic mass is 16.4. The van der Waals surface area contributed by atoms with E-state index in [2.05, 4.69) is 31.3 Å². The molecule has 1 aromatic carbocycles. The summed E-state index contributed by atoms with van der Waals surface area (Å²) in [5.74, 6) is 0.181. The van der Waals surface area contributed by atoms with Gasteiger partial charge >= 0.3 is 5.76 Å². The van der Waals surface area contributed by atoms with Crippen LogP contribution in [-0.2, 0) is 11.3 Å². The van der Waals surface area contributed by atoms with E-state index in [4.69, 9.17) is 4.42 Å². The van der Waals surface area contributed by atoms with Gasteiger partial charge in [-0.1, -0.05) is 32.9 Å². The largest absolute Gasteiger partial charge is 0.419 e. The van der Waals surface area contributed by atoms with Gasteiger partial charge in [-0.05, 0) is 49.1 Å². The summed E-state index contributed by atoms with van der Waals surface area (Å²) in [6.07, 6.45) is 4.28. The van der Waals surface area contributed by atoms with E-state index in [1.54, 1.807) is 10.6 Å². The van der Waals surface area contributed by atoms with Crippen molar-refractivity contribution in [2.24, 2.45) is 21.8 Å². The Labute approximate surface area is 158 Å². The number of aromatic nitrogens is 1. The van der Waals surface area contributed by atoms with Crippen molar-refractivity contribution in [1.82, 2.24) is 9.99 Å². The summed E-state index contributed by atoms with van der Waals surface area (Å²) in [6.45, 7) is 7.37. The molecule has 2 aliphatic carbocycles. The molecule has 144 valence electrons. The summed E-state index contributed by atoms with van der Waals surface area (Å²) in [5.41, 5.74) is 5.56. The molecule has 1 aromatic heterocycles. The van der Waals surface area contributed by atoms with Crippen LogP contribution in [0.3, 0.4) is 0 Å². The van der Waals surface area contributed by atoms with Gasteiger partial charge in [-0.15, -0.1) is 0 Å². The Hall–Kier alpha value is -2.37. The van der Waals surface area contributed by atoms with Gasteiger partial charge in [0.2, 0.25) is 5.91 Å². The minimum Gasteiger partial charge on any atom is -0.408 e. The average Bonchev–Trinajstić information content (AvgIpc) is 3.14. The van der Waals surface area contributed by atoms with Crippen molar-refractivity contribution in [1.29, 1.82) is 0 Å². The lowest BCUT2D eigenvalue weighted by molar-refractivity contribution is -0.121. The maximum absolute atomic E-state index is 12.2. The number of rotatable bonds is 5. The third-order valence-electron chi connectivity index (χ3n) is 7.19. The topological polar surface area (TPSA) is 76.6 Å². The molecule has 6 nitrogen and oxygen atoms in total. The van der Waals surface area contributed by atoms with Gasteiger partial charge in [-0.2, -0.15) is 5.10 Å². The number of hydrogen-bond acceptors (Lipinski definition) is 4. The van der Waals surface area contributed by atoms with Crippen molar-refractivity contribution in [3.05, 3.63) is 34.8 Å².